The molecule has 3 nitrogen and oxygen atoms in total. The van der Waals surface area contributed by atoms with Crippen LogP contribution in [0.4, 0.5) is 0 Å². The van der Waals surface area contributed by atoms with Gasteiger partial charge in [0.25, 0.3) is 0 Å². The summed E-state index contributed by atoms with van der Waals surface area (Å²) < 4.78 is 5.18. The normalized spacial score (nSPS) is 37.4. The first-order valence-corrected chi connectivity index (χ1v) is 8.80. The fourth-order valence-electron chi connectivity index (χ4n) is 5.48. The van der Waals surface area contributed by atoms with E-state index in [1.54, 1.807) is 6.26 Å². The molecule has 23 heavy (non-hydrogen) atoms. The Morgan fingerprint density at radius 2 is 2.22 bits per heavy atom. The third-order valence-electron chi connectivity index (χ3n) is 6.81. The summed E-state index contributed by atoms with van der Waals surface area (Å²) in [6.45, 7) is 8.65. The van der Waals surface area contributed by atoms with E-state index in [4.69, 9.17) is 4.42 Å². The molecule has 1 aromatic heterocycles. The lowest BCUT2D eigenvalue weighted by molar-refractivity contribution is -0.164. The molecule has 1 heterocycles. The highest BCUT2D eigenvalue weighted by atomic mass is 16.4. The number of hydrogen-bond acceptors (Lipinski definition) is 2. The zero-order valence-corrected chi connectivity index (χ0v) is 14.3. The molecular weight excluding hydrogens is 288 g/mol. The van der Waals surface area contributed by atoms with Gasteiger partial charge >= 0.3 is 5.97 Å². The van der Waals surface area contributed by atoms with Crippen LogP contribution >= 0.6 is 0 Å². The molecule has 0 aromatic carbocycles. The van der Waals surface area contributed by atoms with Gasteiger partial charge in [0.1, 0.15) is 0 Å². The lowest BCUT2D eigenvalue weighted by atomic mass is 9.46. The van der Waals surface area contributed by atoms with Gasteiger partial charge in [-0.1, -0.05) is 25.5 Å². The van der Waals surface area contributed by atoms with Crippen LogP contribution in [-0.4, -0.2) is 11.1 Å². The van der Waals surface area contributed by atoms with Crippen molar-refractivity contribution in [3.8, 4) is 0 Å². The molecule has 0 amide bonds. The van der Waals surface area contributed by atoms with Crippen molar-refractivity contribution in [1.82, 2.24) is 0 Å². The number of aryl methyl sites for hydroxylation is 1. The lowest BCUT2D eigenvalue weighted by Crippen LogP contribution is -2.53. The molecule has 2 fully saturated rings. The second-order valence-corrected chi connectivity index (χ2v) is 8.05. The van der Waals surface area contributed by atoms with E-state index in [1.165, 1.54) is 11.1 Å². The zero-order valence-electron chi connectivity index (χ0n) is 14.3. The predicted molar refractivity (Wildman–Crippen MR) is 90.1 cm³/mol. The van der Waals surface area contributed by atoms with Gasteiger partial charge in [-0.25, -0.2) is 0 Å². The summed E-state index contributed by atoms with van der Waals surface area (Å²) in [6, 6.07) is 2.02. The number of carboxylic acid groups (broad SMARTS) is 1. The van der Waals surface area contributed by atoms with E-state index in [2.05, 4.69) is 13.5 Å². The third-order valence-corrected chi connectivity index (χ3v) is 6.81. The number of hydrogen-bond donors (Lipinski definition) is 1. The Morgan fingerprint density at radius 3 is 2.87 bits per heavy atom. The summed E-state index contributed by atoms with van der Waals surface area (Å²) in [5, 5.41) is 9.85. The minimum atomic E-state index is -0.616. The fourth-order valence-corrected chi connectivity index (χ4v) is 5.48. The minimum Gasteiger partial charge on any atom is -0.481 e. The van der Waals surface area contributed by atoms with Crippen LogP contribution in [0.5, 0.6) is 0 Å². The van der Waals surface area contributed by atoms with Gasteiger partial charge in [0, 0.05) is 0 Å². The van der Waals surface area contributed by atoms with Gasteiger partial charge in [-0.05, 0) is 74.3 Å². The molecule has 1 aromatic rings. The predicted octanol–water partition coefficient (Wildman–Crippen LogP) is 5.08. The zero-order chi connectivity index (χ0) is 16.7. The van der Waals surface area contributed by atoms with E-state index in [0.29, 0.717) is 5.92 Å². The number of allylic oxidation sites excluding steroid dienone is 1. The van der Waals surface area contributed by atoms with Crippen LogP contribution in [0.2, 0.25) is 0 Å². The van der Waals surface area contributed by atoms with E-state index in [-0.39, 0.29) is 11.3 Å². The van der Waals surface area contributed by atoms with Gasteiger partial charge < -0.3 is 9.52 Å². The highest BCUT2D eigenvalue weighted by Gasteiger charge is 2.57. The maximum absolute atomic E-state index is 12.0. The van der Waals surface area contributed by atoms with Crippen molar-refractivity contribution in [1.29, 1.82) is 0 Å². The van der Waals surface area contributed by atoms with E-state index in [9.17, 15) is 9.90 Å². The highest BCUT2D eigenvalue weighted by molar-refractivity contribution is 5.75. The van der Waals surface area contributed by atoms with Crippen molar-refractivity contribution in [2.75, 3.05) is 0 Å². The summed E-state index contributed by atoms with van der Waals surface area (Å²) >= 11 is 0. The number of furan rings is 1. The quantitative estimate of drug-likeness (QED) is 0.788. The molecule has 0 radical (unpaired) electrons. The van der Waals surface area contributed by atoms with Gasteiger partial charge in [-0.3, -0.25) is 4.79 Å². The van der Waals surface area contributed by atoms with Gasteiger partial charge in [0.05, 0.1) is 17.9 Å². The highest BCUT2D eigenvalue weighted by Crippen LogP contribution is 2.61. The summed E-state index contributed by atoms with van der Waals surface area (Å²) in [6.07, 6.45) is 10.4. The minimum absolute atomic E-state index is 0.0600. The molecule has 4 atom stereocenters. The van der Waals surface area contributed by atoms with Crippen molar-refractivity contribution >= 4 is 5.97 Å². The van der Waals surface area contributed by atoms with Crippen molar-refractivity contribution in [2.45, 2.75) is 58.8 Å². The van der Waals surface area contributed by atoms with Crippen LogP contribution in [0, 0.1) is 22.7 Å². The molecule has 0 unspecified atom stereocenters. The van der Waals surface area contributed by atoms with Crippen LogP contribution in [0.25, 0.3) is 0 Å². The smallest absolute Gasteiger partial charge is 0.309 e. The second kappa shape index (κ2) is 5.85. The number of aliphatic carboxylic acids is 1. The first-order chi connectivity index (χ1) is 10.9. The number of carbonyl (C=O) groups is 1. The number of rotatable bonds is 4. The molecule has 2 aliphatic carbocycles. The molecular formula is C20H28O3. The molecule has 2 aliphatic rings. The lowest BCUT2D eigenvalue weighted by Gasteiger charge is -2.57. The van der Waals surface area contributed by atoms with Crippen LogP contribution in [0.15, 0.2) is 35.2 Å². The largest absolute Gasteiger partial charge is 0.481 e. The molecule has 0 spiro atoms. The van der Waals surface area contributed by atoms with Crippen LogP contribution in [0.3, 0.4) is 0 Å². The van der Waals surface area contributed by atoms with Crippen LogP contribution in [-0.2, 0) is 11.2 Å². The Morgan fingerprint density at radius 1 is 1.43 bits per heavy atom. The van der Waals surface area contributed by atoms with Crippen LogP contribution < -0.4 is 0 Å². The molecule has 0 bridgehead atoms. The summed E-state index contributed by atoms with van der Waals surface area (Å²) in [7, 11) is 0. The fraction of sp³-hybridized carbons (Fsp3) is 0.650. The number of fused-ring (bicyclic) bond motifs is 1. The summed E-state index contributed by atoms with van der Waals surface area (Å²) in [4.78, 5) is 12.0. The van der Waals surface area contributed by atoms with E-state index < -0.39 is 11.4 Å². The van der Waals surface area contributed by atoms with Gasteiger partial charge in [0.2, 0.25) is 0 Å². The molecule has 126 valence electrons. The Labute approximate surface area is 138 Å². The Bertz CT molecular complexity index is 588. The maximum atomic E-state index is 12.0. The maximum Gasteiger partial charge on any atom is 0.309 e. The standard InChI is InChI=1S/C20H28O3/c1-14-5-8-17-19(2,10-4-11-20(17,3)18(21)22)16(14)7-6-15-9-12-23-13-15/h9,12-13,16-17H,1,4-8,10-11H2,2-3H3,(H,21,22)/t16-,17+,19+,20+/m1/s1. The Kier molecular flexibility index (Phi) is 4.16. The van der Waals surface area contributed by atoms with Gasteiger partial charge in [-0.2, -0.15) is 0 Å². The number of carboxylic acids is 1. The van der Waals surface area contributed by atoms with Crippen molar-refractivity contribution in [3.63, 3.8) is 0 Å². The van der Waals surface area contributed by atoms with E-state index in [1.807, 2.05) is 19.3 Å². The van der Waals surface area contributed by atoms with E-state index >= 15 is 0 Å². The van der Waals surface area contributed by atoms with Crippen molar-refractivity contribution < 1.29 is 14.3 Å². The second-order valence-electron chi connectivity index (χ2n) is 8.05. The van der Waals surface area contributed by atoms with E-state index in [0.717, 1.165) is 44.9 Å². The SMILES string of the molecule is C=C1CC[C@H]2[C@@](C)(CCC[C@]2(C)C(=O)O)[C@@H]1CCc1ccoc1. The topological polar surface area (TPSA) is 50.4 Å². The first kappa shape index (κ1) is 16.4. The summed E-state index contributed by atoms with van der Waals surface area (Å²) in [5.74, 6) is 0.0470. The molecule has 0 aliphatic heterocycles. The monoisotopic (exact) mass is 316 g/mol. The summed E-state index contributed by atoms with van der Waals surface area (Å²) in [5.41, 5.74) is 2.02. The molecule has 2 saturated carbocycles. The first-order valence-electron chi connectivity index (χ1n) is 8.80. The average Bonchev–Trinajstić information content (AvgIpc) is 2.99. The molecule has 1 N–H and O–H groups in total. The molecule has 3 rings (SSSR count). The molecule has 3 heteroatoms. The van der Waals surface area contributed by atoms with Gasteiger partial charge in [0.15, 0.2) is 0 Å². The van der Waals surface area contributed by atoms with Gasteiger partial charge in [-0.15, -0.1) is 0 Å². The molecule has 0 saturated heterocycles. The van der Waals surface area contributed by atoms with Crippen molar-refractivity contribution in [2.24, 2.45) is 22.7 Å². The third kappa shape index (κ3) is 2.64. The van der Waals surface area contributed by atoms with Crippen LogP contribution in [0.1, 0.15) is 57.9 Å². The average molecular weight is 316 g/mol. The van der Waals surface area contributed by atoms with Crippen molar-refractivity contribution in [3.05, 3.63) is 36.3 Å². The Balaban J connectivity index is 1.86. The Hall–Kier alpha value is -1.51.